The zero-order valence-corrected chi connectivity index (χ0v) is 28.5. The van der Waals surface area contributed by atoms with Crippen LogP contribution >= 0.6 is 0 Å². The van der Waals surface area contributed by atoms with E-state index in [4.69, 9.17) is 39.9 Å². The average Bonchev–Trinajstić information content (AvgIpc) is 3.16. The molecule has 2 saturated heterocycles. The van der Waals surface area contributed by atoms with Gasteiger partial charge >= 0.3 is 12.2 Å². The smallest absolute Gasteiger partial charge is 0.407 e. The fourth-order valence-corrected chi connectivity index (χ4v) is 6.44. The third-order valence-corrected chi connectivity index (χ3v) is 9.43. The van der Waals surface area contributed by atoms with E-state index in [1.807, 2.05) is 0 Å². The summed E-state index contributed by atoms with van der Waals surface area (Å²) in [5.41, 5.74) is 13.7. The number of carbonyl (C=O) groups is 2. The van der Waals surface area contributed by atoms with E-state index in [1.54, 1.807) is 60.7 Å². The number of benzene rings is 2. The summed E-state index contributed by atoms with van der Waals surface area (Å²) in [4.78, 5) is 25.9. The van der Waals surface area contributed by atoms with Gasteiger partial charge in [0.15, 0.2) is 12.6 Å². The van der Waals surface area contributed by atoms with E-state index in [1.165, 1.54) is 0 Å². The zero-order valence-electron chi connectivity index (χ0n) is 28.5. The van der Waals surface area contributed by atoms with Crippen molar-refractivity contribution in [3.63, 3.8) is 0 Å². The number of alkyl carbamates (subject to hydrolysis) is 2. The Kier molecular flexibility index (Phi) is 14.3. The van der Waals surface area contributed by atoms with Crippen LogP contribution in [0.4, 0.5) is 9.59 Å². The monoisotopic (exact) mass is 752 g/mol. The summed E-state index contributed by atoms with van der Waals surface area (Å²) in [7, 11) is 0. The van der Waals surface area contributed by atoms with Crippen molar-refractivity contribution in [3.05, 3.63) is 71.8 Å². The summed E-state index contributed by atoms with van der Waals surface area (Å²) in [6, 6.07) is 12.4. The Morgan fingerprint density at radius 3 is 1.74 bits per heavy atom. The van der Waals surface area contributed by atoms with Crippen LogP contribution in [-0.2, 0) is 41.6 Å². The van der Waals surface area contributed by atoms with Gasteiger partial charge in [0, 0.05) is 6.04 Å². The van der Waals surface area contributed by atoms with Gasteiger partial charge in [0.2, 0.25) is 0 Å². The van der Waals surface area contributed by atoms with Crippen LogP contribution in [-0.4, -0.2) is 153 Å². The highest BCUT2D eigenvalue weighted by Crippen LogP contribution is 2.32. The van der Waals surface area contributed by atoms with Crippen LogP contribution in [0.2, 0.25) is 0 Å². The van der Waals surface area contributed by atoms with Crippen molar-refractivity contribution in [1.82, 2.24) is 10.6 Å². The minimum atomic E-state index is -1.79. The van der Waals surface area contributed by atoms with Crippen LogP contribution < -0.4 is 22.1 Å². The molecule has 1 aliphatic carbocycles. The number of hydrogen-bond acceptors (Lipinski definition) is 17. The molecule has 0 aromatic heterocycles. The molecule has 15 atom stereocenters. The van der Waals surface area contributed by atoms with Crippen LogP contribution in [0.25, 0.3) is 0 Å². The number of aliphatic hydroxyl groups is 7. The largest absolute Gasteiger partial charge is 0.445 e. The standard InChI is InChI=1S/C34H48N4O15/c35-18-11-19(37-33(46)48-14-16-7-3-1-4-8-16)30(28(45)29(18)52-32-26(43)22(36)24(41)20(12-39)51-32)53-31-23(27(44)25(42)21(13-40)50-31)38-34(47)49-15-17-9-5-2-6-10-17/h1-10,18-32,39-45H,11-15,35-36H2,(H,37,46)(H,38,47)/t18-,19+,20+,21+,22+,23+,24-,25+,26+,27+,28-,29+,30-,31+,32+/m0/s1. The van der Waals surface area contributed by atoms with Crippen LogP contribution in [0.3, 0.4) is 0 Å². The number of nitrogens with two attached hydrogens (primary N) is 2. The van der Waals surface area contributed by atoms with E-state index in [0.717, 1.165) is 0 Å². The molecule has 0 spiro atoms. The zero-order chi connectivity index (χ0) is 38.2. The molecule has 3 fully saturated rings. The van der Waals surface area contributed by atoms with Gasteiger partial charge in [-0.1, -0.05) is 60.7 Å². The predicted molar refractivity (Wildman–Crippen MR) is 179 cm³/mol. The van der Waals surface area contributed by atoms with Crippen molar-refractivity contribution in [2.24, 2.45) is 11.5 Å². The van der Waals surface area contributed by atoms with Gasteiger partial charge in [-0.3, -0.25) is 0 Å². The molecule has 0 unspecified atom stereocenters. The van der Waals surface area contributed by atoms with E-state index in [0.29, 0.717) is 11.1 Å². The minimum absolute atomic E-state index is 0.106. The Morgan fingerprint density at radius 2 is 1.17 bits per heavy atom. The summed E-state index contributed by atoms with van der Waals surface area (Å²) in [5.74, 6) is 0. The van der Waals surface area contributed by atoms with Gasteiger partial charge in [0.1, 0.15) is 74.2 Å². The maximum absolute atomic E-state index is 13.0. The lowest BCUT2D eigenvalue weighted by Gasteiger charge is -2.49. The molecule has 2 heterocycles. The molecule has 0 bridgehead atoms. The van der Waals surface area contributed by atoms with E-state index in [-0.39, 0.29) is 19.6 Å². The molecule has 19 nitrogen and oxygen atoms in total. The second kappa shape index (κ2) is 18.7. The first kappa shape index (κ1) is 40.6. The third kappa shape index (κ3) is 9.96. The molecule has 294 valence electrons. The minimum Gasteiger partial charge on any atom is -0.445 e. The second-order valence-electron chi connectivity index (χ2n) is 13.1. The van der Waals surface area contributed by atoms with Crippen molar-refractivity contribution in [1.29, 1.82) is 0 Å². The predicted octanol–water partition coefficient (Wildman–Crippen LogP) is -3.36. The Bertz CT molecular complexity index is 1450. The number of hydrogen-bond donors (Lipinski definition) is 11. The lowest BCUT2D eigenvalue weighted by Crippen LogP contribution is -2.70. The number of nitrogens with one attached hydrogen (secondary N) is 2. The summed E-state index contributed by atoms with van der Waals surface area (Å²) in [6.45, 7) is -1.71. The second-order valence-corrected chi connectivity index (χ2v) is 13.1. The van der Waals surface area contributed by atoms with Crippen LogP contribution in [0, 0.1) is 0 Å². The van der Waals surface area contributed by atoms with E-state index in [9.17, 15) is 45.3 Å². The molecular weight excluding hydrogens is 704 g/mol. The fraction of sp³-hybridized carbons (Fsp3) is 0.588. The maximum atomic E-state index is 13.0. The molecule has 53 heavy (non-hydrogen) atoms. The molecule has 2 aromatic carbocycles. The lowest BCUT2D eigenvalue weighted by atomic mass is 9.83. The topological polar surface area (TPSA) is 307 Å². The quantitative estimate of drug-likeness (QED) is 0.101. The average molecular weight is 753 g/mol. The highest BCUT2D eigenvalue weighted by molar-refractivity contribution is 5.68. The van der Waals surface area contributed by atoms with Gasteiger partial charge in [0.05, 0.1) is 25.3 Å². The van der Waals surface area contributed by atoms with Crippen molar-refractivity contribution in [3.8, 4) is 0 Å². The first-order chi connectivity index (χ1) is 25.4. The molecule has 3 aliphatic rings. The first-order valence-corrected chi connectivity index (χ1v) is 17.1. The van der Waals surface area contributed by atoms with Crippen LogP contribution in [0.15, 0.2) is 60.7 Å². The number of carbonyl (C=O) groups excluding carboxylic acids is 2. The maximum Gasteiger partial charge on any atom is 0.407 e. The molecule has 5 rings (SSSR count). The Morgan fingerprint density at radius 1 is 0.660 bits per heavy atom. The van der Waals surface area contributed by atoms with E-state index < -0.39 is 117 Å². The highest BCUT2D eigenvalue weighted by Gasteiger charge is 2.53. The summed E-state index contributed by atoms with van der Waals surface area (Å²) < 4.78 is 34.0. The fourth-order valence-electron chi connectivity index (χ4n) is 6.44. The van der Waals surface area contributed by atoms with Crippen LogP contribution in [0.1, 0.15) is 17.5 Å². The first-order valence-electron chi connectivity index (χ1n) is 17.1. The van der Waals surface area contributed by atoms with Gasteiger partial charge in [0.25, 0.3) is 0 Å². The SMILES string of the molecule is N[C@@H]1[C@@H](O)[C@@H](CO)O[C@H](O[C@H]2[C@H](O)[C@@H](O[C@H]3O[C@H](CO)[C@@H](O)[C@H](O)[C@H]3NC(=O)OCc3ccccc3)[C@H](NC(=O)OCc3ccccc3)C[C@@H]2N)[C@@H]1O. The highest BCUT2D eigenvalue weighted by atomic mass is 16.7. The number of amides is 2. The third-order valence-electron chi connectivity index (χ3n) is 9.43. The van der Waals surface area contributed by atoms with Gasteiger partial charge in [-0.2, -0.15) is 0 Å². The molecule has 2 aliphatic heterocycles. The lowest BCUT2D eigenvalue weighted by molar-refractivity contribution is -0.322. The summed E-state index contributed by atoms with van der Waals surface area (Å²) in [5, 5.41) is 79.1. The van der Waals surface area contributed by atoms with Crippen molar-refractivity contribution >= 4 is 12.2 Å². The molecule has 1 saturated carbocycles. The molecular formula is C34H48N4O15. The normalized spacial score (nSPS) is 37.3. The molecule has 0 radical (unpaired) electrons. The Hall–Kier alpha value is -3.54. The summed E-state index contributed by atoms with van der Waals surface area (Å²) in [6.07, 6.45) is -19.4. The summed E-state index contributed by atoms with van der Waals surface area (Å²) >= 11 is 0. The molecule has 2 amide bonds. The van der Waals surface area contributed by atoms with Gasteiger partial charge in [-0.25, -0.2) is 9.59 Å². The van der Waals surface area contributed by atoms with Crippen molar-refractivity contribution < 1.29 is 73.8 Å². The molecule has 19 heteroatoms. The van der Waals surface area contributed by atoms with Crippen molar-refractivity contribution in [2.45, 2.75) is 111 Å². The van der Waals surface area contributed by atoms with E-state index >= 15 is 0 Å². The molecule has 13 N–H and O–H groups in total. The van der Waals surface area contributed by atoms with Crippen molar-refractivity contribution in [2.75, 3.05) is 13.2 Å². The van der Waals surface area contributed by atoms with Gasteiger partial charge in [-0.15, -0.1) is 0 Å². The number of ether oxygens (including phenoxy) is 6. The van der Waals surface area contributed by atoms with Gasteiger partial charge in [-0.05, 0) is 17.5 Å². The Balaban J connectivity index is 1.37. The number of aliphatic hydroxyl groups excluding tert-OH is 7. The van der Waals surface area contributed by atoms with Gasteiger partial charge < -0.3 is 86.3 Å². The Labute approximate surface area is 304 Å². The van der Waals surface area contributed by atoms with E-state index in [2.05, 4.69) is 10.6 Å². The number of rotatable bonds is 12. The van der Waals surface area contributed by atoms with Crippen LogP contribution in [0.5, 0.6) is 0 Å². The molecule has 2 aromatic rings.